The maximum atomic E-state index is 12.3. The fraction of sp³-hybridized carbons (Fsp3) is 0.667. The van der Waals surface area contributed by atoms with Crippen molar-refractivity contribution in [1.29, 1.82) is 0 Å². The van der Waals surface area contributed by atoms with Gasteiger partial charge in [-0.05, 0) is 45.0 Å². The van der Waals surface area contributed by atoms with E-state index in [1.807, 2.05) is 6.20 Å². The molecule has 6 nitrogen and oxygen atoms in total. The molecule has 0 saturated carbocycles. The van der Waals surface area contributed by atoms with Gasteiger partial charge in [0.1, 0.15) is 5.82 Å². The molecule has 0 aliphatic carbocycles. The van der Waals surface area contributed by atoms with Gasteiger partial charge in [-0.1, -0.05) is 6.07 Å². The number of carbonyl (C=O) groups excluding carboxylic acids is 1. The molecule has 2 saturated heterocycles. The van der Waals surface area contributed by atoms with Crippen molar-refractivity contribution in [3.8, 4) is 0 Å². The summed E-state index contributed by atoms with van der Waals surface area (Å²) in [6.45, 7) is 7.83. The zero-order chi connectivity index (χ0) is 16.9. The number of amides is 1. The van der Waals surface area contributed by atoms with E-state index in [4.69, 9.17) is 0 Å². The van der Waals surface area contributed by atoms with Crippen molar-refractivity contribution in [3.05, 3.63) is 23.9 Å². The monoisotopic (exact) mass is 367 g/mol. The number of halogens is 1. The molecule has 2 aliphatic heterocycles. The molecule has 1 aromatic rings. The second-order valence-corrected chi connectivity index (χ2v) is 7.11. The van der Waals surface area contributed by atoms with Crippen LogP contribution in [-0.4, -0.2) is 61.6 Å². The minimum absolute atomic E-state index is 0. The van der Waals surface area contributed by atoms with E-state index >= 15 is 0 Å². The van der Waals surface area contributed by atoms with E-state index in [0.717, 1.165) is 56.9 Å². The molecule has 2 aliphatic rings. The summed E-state index contributed by atoms with van der Waals surface area (Å²) in [5.74, 6) is 1.34. The molecule has 0 unspecified atom stereocenters. The van der Waals surface area contributed by atoms with Gasteiger partial charge in [-0.25, -0.2) is 4.98 Å². The first kappa shape index (κ1) is 19.9. The Morgan fingerprint density at radius 1 is 1.32 bits per heavy atom. The Balaban J connectivity index is 0.00000225. The molecule has 1 aromatic heterocycles. The molecule has 2 fully saturated rings. The number of piperazine rings is 1. The Kier molecular flexibility index (Phi) is 7.47. The zero-order valence-corrected chi connectivity index (χ0v) is 16.0. The number of hydrogen-bond acceptors (Lipinski definition) is 5. The standard InChI is InChI=1S/C18H29N5O.ClH/c1-14-11-16(5-6-19-14)18(24)21-13-15-3-4-17(20-12-15)23-9-7-22(2)8-10-23;/h3-4,12,14,16,19H,5-11,13H2,1-2H3,(H,21,24);1H/t14-,16-;/m0./s1. The number of piperidine rings is 1. The van der Waals surface area contributed by atoms with Crippen molar-refractivity contribution >= 4 is 24.1 Å². The van der Waals surface area contributed by atoms with Gasteiger partial charge in [0.2, 0.25) is 5.91 Å². The summed E-state index contributed by atoms with van der Waals surface area (Å²) in [6, 6.07) is 4.57. The molecule has 0 spiro atoms. The van der Waals surface area contributed by atoms with Gasteiger partial charge < -0.3 is 20.4 Å². The maximum Gasteiger partial charge on any atom is 0.223 e. The Labute approximate surface area is 156 Å². The summed E-state index contributed by atoms with van der Waals surface area (Å²) in [4.78, 5) is 21.5. The van der Waals surface area contributed by atoms with Crippen LogP contribution in [0.5, 0.6) is 0 Å². The summed E-state index contributed by atoms with van der Waals surface area (Å²) < 4.78 is 0. The van der Waals surface area contributed by atoms with Gasteiger partial charge >= 0.3 is 0 Å². The zero-order valence-electron chi connectivity index (χ0n) is 15.2. The lowest BCUT2D eigenvalue weighted by Gasteiger charge is -2.33. The van der Waals surface area contributed by atoms with Gasteiger partial charge in [0.15, 0.2) is 0 Å². The second-order valence-electron chi connectivity index (χ2n) is 7.11. The average Bonchev–Trinajstić information content (AvgIpc) is 2.61. The smallest absolute Gasteiger partial charge is 0.223 e. The number of hydrogen-bond donors (Lipinski definition) is 2. The number of pyridine rings is 1. The first-order valence-electron chi connectivity index (χ1n) is 9.01. The van der Waals surface area contributed by atoms with E-state index in [9.17, 15) is 4.79 Å². The maximum absolute atomic E-state index is 12.3. The lowest BCUT2D eigenvalue weighted by Crippen LogP contribution is -2.44. The van der Waals surface area contributed by atoms with Gasteiger partial charge in [-0.15, -0.1) is 12.4 Å². The molecule has 0 radical (unpaired) electrons. The summed E-state index contributed by atoms with van der Waals surface area (Å²) in [5, 5.41) is 6.45. The fourth-order valence-electron chi connectivity index (χ4n) is 3.45. The number of nitrogens with zero attached hydrogens (tertiary/aromatic N) is 3. The first-order chi connectivity index (χ1) is 11.6. The van der Waals surface area contributed by atoms with Gasteiger partial charge in [0.25, 0.3) is 0 Å². The molecule has 3 heterocycles. The van der Waals surface area contributed by atoms with Gasteiger partial charge in [0.05, 0.1) is 0 Å². The third-order valence-electron chi connectivity index (χ3n) is 5.10. The normalized spacial score (nSPS) is 24.5. The van der Waals surface area contributed by atoms with Crippen molar-refractivity contribution in [2.45, 2.75) is 32.4 Å². The molecule has 0 aromatic carbocycles. The summed E-state index contributed by atoms with van der Waals surface area (Å²) >= 11 is 0. The van der Waals surface area contributed by atoms with Crippen molar-refractivity contribution in [2.75, 3.05) is 44.7 Å². The van der Waals surface area contributed by atoms with Crippen molar-refractivity contribution in [1.82, 2.24) is 20.5 Å². The Bertz CT molecular complexity index is 545. The van der Waals surface area contributed by atoms with Crippen LogP contribution in [-0.2, 0) is 11.3 Å². The van der Waals surface area contributed by atoms with Crippen molar-refractivity contribution in [3.63, 3.8) is 0 Å². The highest BCUT2D eigenvalue weighted by Crippen LogP contribution is 2.17. The first-order valence-corrected chi connectivity index (χ1v) is 9.01. The molecule has 25 heavy (non-hydrogen) atoms. The molecular weight excluding hydrogens is 338 g/mol. The third-order valence-corrected chi connectivity index (χ3v) is 5.10. The van der Waals surface area contributed by atoms with Crippen LogP contribution in [0.1, 0.15) is 25.3 Å². The van der Waals surface area contributed by atoms with Crippen LogP contribution in [0, 0.1) is 5.92 Å². The second kappa shape index (κ2) is 9.36. The lowest BCUT2D eigenvalue weighted by atomic mass is 9.92. The Hall–Kier alpha value is -1.37. The largest absolute Gasteiger partial charge is 0.354 e. The lowest BCUT2D eigenvalue weighted by molar-refractivity contribution is -0.126. The third kappa shape index (κ3) is 5.56. The van der Waals surface area contributed by atoms with E-state index in [1.165, 1.54) is 0 Å². The number of carbonyl (C=O) groups is 1. The summed E-state index contributed by atoms with van der Waals surface area (Å²) in [7, 11) is 2.15. The van der Waals surface area contributed by atoms with E-state index in [0.29, 0.717) is 12.6 Å². The van der Waals surface area contributed by atoms with Gasteiger partial charge in [-0.2, -0.15) is 0 Å². The van der Waals surface area contributed by atoms with E-state index in [-0.39, 0.29) is 24.2 Å². The highest BCUT2D eigenvalue weighted by Gasteiger charge is 2.24. The number of likely N-dealkylation sites (N-methyl/N-ethyl adjacent to an activating group) is 1. The quantitative estimate of drug-likeness (QED) is 0.839. The van der Waals surface area contributed by atoms with Crippen LogP contribution in [0.4, 0.5) is 5.82 Å². The number of rotatable bonds is 4. The summed E-state index contributed by atoms with van der Waals surface area (Å²) in [6.07, 6.45) is 3.74. The number of aromatic nitrogens is 1. The molecule has 0 bridgehead atoms. The van der Waals surface area contributed by atoms with E-state index in [2.05, 4.69) is 51.5 Å². The minimum atomic E-state index is 0. The Morgan fingerprint density at radius 2 is 2.08 bits per heavy atom. The van der Waals surface area contributed by atoms with Crippen LogP contribution in [0.15, 0.2) is 18.3 Å². The van der Waals surface area contributed by atoms with Crippen LogP contribution < -0.4 is 15.5 Å². The number of anilines is 1. The van der Waals surface area contributed by atoms with Crippen LogP contribution in [0.3, 0.4) is 0 Å². The van der Waals surface area contributed by atoms with Gasteiger partial charge in [-0.3, -0.25) is 4.79 Å². The molecule has 7 heteroatoms. The molecular formula is C18H30ClN5O. The van der Waals surface area contributed by atoms with Crippen LogP contribution in [0.2, 0.25) is 0 Å². The number of nitrogens with one attached hydrogen (secondary N) is 2. The highest BCUT2D eigenvalue weighted by molar-refractivity contribution is 5.85. The van der Waals surface area contributed by atoms with E-state index < -0.39 is 0 Å². The van der Waals surface area contributed by atoms with Crippen molar-refractivity contribution in [2.24, 2.45) is 5.92 Å². The molecule has 1 amide bonds. The van der Waals surface area contributed by atoms with Crippen molar-refractivity contribution < 1.29 is 4.79 Å². The fourth-order valence-corrected chi connectivity index (χ4v) is 3.45. The minimum Gasteiger partial charge on any atom is -0.354 e. The topological polar surface area (TPSA) is 60.5 Å². The molecule has 3 rings (SSSR count). The van der Waals surface area contributed by atoms with Gasteiger partial charge in [0, 0.05) is 50.9 Å². The van der Waals surface area contributed by atoms with Crippen LogP contribution >= 0.6 is 12.4 Å². The average molecular weight is 368 g/mol. The summed E-state index contributed by atoms with van der Waals surface area (Å²) in [5.41, 5.74) is 1.06. The predicted molar refractivity (Wildman–Crippen MR) is 103 cm³/mol. The van der Waals surface area contributed by atoms with Crippen LogP contribution in [0.25, 0.3) is 0 Å². The predicted octanol–water partition coefficient (Wildman–Crippen LogP) is 1.26. The van der Waals surface area contributed by atoms with E-state index in [1.54, 1.807) is 0 Å². The Morgan fingerprint density at radius 3 is 2.72 bits per heavy atom. The highest BCUT2D eigenvalue weighted by atomic mass is 35.5. The molecule has 2 N–H and O–H groups in total. The molecule has 2 atom stereocenters. The molecule has 140 valence electrons. The SMILES string of the molecule is C[C@H]1C[C@@H](C(=O)NCc2ccc(N3CCN(C)CC3)nc2)CCN1.Cl.